The van der Waals surface area contributed by atoms with Crippen LogP contribution in [0.2, 0.25) is 0 Å². The fourth-order valence-electron chi connectivity index (χ4n) is 1.26. The molecule has 3 nitrogen and oxygen atoms in total. The number of nitrogens with one attached hydrogen (secondary N) is 1. The average Bonchev–Trinajstić information content (AvgIpc) is 2.83. The van der Waals surface area contributed by atoms with Gasteiger partial charge in [-0.1, -0.05) is 6.92 Å². The number of nitrogens with zero attached hydrogens (tertiary/aromatic N) is 2. The maximum Gasteiger partial charge on any atom is 0.126 e. The van der Waals surface area contributed by atoms with Crippen molar-refractivity contribution in [1.29, 1.82) is 5.26 Å². The Labute approximate surface area is 77.4 Å². The molecule has 0 aromatic carbocycles. The zero-order valence-electron chi connectivity index (χ0n) is 7.49. The molecular formula is C10H11N3. The van der Waals surface area contributed by atoms with E-state index in [0.29, 0.717) is 11.6 Å². The molecule has 1 aromatic heterocycles. The molecule has 2 rings (SSSR count). The molecule has 1 fully saturated rings. The summed E-state index contributed by atoms with van der Waals surface area (Å²) < 4.78 is 0. The molecule has 1 N–H and O–H groups in total. The Hall–Kier alpha value is -1.56. The molecule has 13 heavy (non-hydrogen) atoms. The van der Waals surface area contributed by atoms with E-state index in [9.17, 15) is 0 Å². The van der Waals surface area contributed by atoms with Crippen LogP contribution < -0.4 is 5.32 Å². The highest BCUT2D eigenvalue weighted by Gasteiger charge is 2.32. The molecule has 0 bridgehead atoms. The number of hydrogen-bond donors (Lipinski definition) is 1. The molecule has 2 atom stereocenters. The molecule has 0 aliphatic heterocycles. The number of rotatable bonds is 2. The number of pyridine rings is 1. The van der Waals surface area contributed by atoms with E-state index in [0.717, 1.165) is 11.7 Å². The van der Waals surface area contributed by atoms with Crippen LogP contribution in [0.4, 0.5) is 5.82 Å². The van der Waals surface area contributed by atoms with Crippen LogP contribution in [0.5, 0.6) is 0 Å². The summed E-state index contributed by atoms with van der Waals surface area (Å²) in [5, 5.41) is 11.9. The van der Waals surface area contributed by atoms with Crippen molar-refractivity contribution in [2.45, 2.75) is 19.4 Å². The van der Waals surface area contributed by atoms with Crippen molar-refractivity contribution in [3.05, 3.63) is 23.9 Å². The topological polar surface area (TPSA) is 48.7 Å². The van der Waals surface area contributed by atoms with Gasteiger partial charge in [-0.05, 0) is 24.5 Å². The highest BCUT2D eigenvalue weighted by Crippen LogP contribution is 2.31. The first-order chi connectivity index (χ1) is 6.29. The van der Waals surface area contributed by atoms with Gasteiger partial charge in [-0.2, -0.15) is 5.26 Å². The third kappa shape index (κ3) is 1.78. The SMILES string of the molecule is C[C@@H]1C[C@H]1Nc1ccc(C#N)cn1. The Bertz CT molecular complexity index is 336. The molecule has 0 amide bonds. The molecule has 0 unspecified atom stereocenters. The third-order valence-corrected chi connectivity index (χ3v) is 2.34. The zero-order valence-corrected chi connectivity index (χ0v) is 7.49. The second kappa shape index (κ2) is 3.06. The van der Waals surface area contributed by atoms with Crippen molar-refractivity contribution in [2.75, 3.05) is 5.32 Å². The lowest BCUT2D eigenvalue weighted by atomic mass is 10.3. The van der Waals surface area contributed by atoms with Crippen LogP contribution >= 0.6 is 0 Å². The van der Waals surface area contributed by atoms with Gasteiger partial charge >= 0.3 is 0 Å². The van der Waals surface area contributed by atoms with E-state index in [1.807, 2.05) is 12.1 Å². The predicted molar refractivity (Wildman–Crippen MR) is 50.1 cm³/mol. The van der Waals surface area contributed by atoms with Gasteiger partial charge < -0.3 is 5.32 Å². The lowest BCUT2D eigenvalue weighted by Gasteiger charge is -2.02. The molecule has 66 valence electrons. The Kier molecular flexibility index (Phi) is 1.90. The fraction of sp³-hybridized carbons (Fsp3) is 0.400. The number of aromatic nitrogens is 1. The molecule has 0 radical (unpaired) electrons. The standard InChI is InChI=1S/C10H11N3/c1-7-4-9(7)13-10-3-2-8(5-11)6-12-10/h2-3,6-7,9H,4H2,1H3,(H,12,13)/t7-,9-/m1/s1. The first-order valence-electron chi connectivity index (χ1n) is 4.42. The molecule has 3 heteroatoms. The van der Waals surface area contributed by atoms with Crippen LogP contribution in [0.3, 0.4) is 0 Å². The van der Waals surface area contributed by atoms with E-state index in [1.165, 1.54) is 6.42 Å². The largest absolute Gasteiger partial charge is 0.367 e. The zero-order chi connectivity index (χ0) is 9.26. The van der Waals surface area contributed by atoms with E-state index in [1.54, 1.807) is 12.3 Å². The Balaban J connectivity index is 2.02. The monoisotopic (exact) mass is 173 g/mol. The lowest BCUT2D eigenvalue weighted by molar-refractivity contribution is 0.923. The Morgan fingerprint density at radius 2 is 2.38 bits per heavy atom. The fourth-order valence-corrected chi connectivity index (χ4v) is 1.26. The van der Waals surface area contributed by atoms with Crippen LogP contribution in [-0.2, 0) is 0 Å². The minimum absolute atomic E-state index is 0.584. The first kappa shape index (κ1) is 8.06. The first-order valence-corrected chi connectivity index (χ1v) is 4.42. The van der Waals surface area contributed by atoms with Gasteiger partial charge in [0.1, 0.15) is 11.9 Å². The predicted octanol–water partition coefficient (Wildman–Crippen LogP) is 1.77. The summed E-state index contributed by atoms with van der Waals surface area (Å²) in [7, 11) is 0. The summed E-state index contributed by atoms with van der Waals surface area (Å²) in [6.45, 7) is 2.21. The molecule has 1 saturated carbocycles. The second-order valence-corrected chi connectivity index (χ2v) is 3.51. The molecule has 0 saturated heterocycles. The molecule has 1 aliphatic rings. The van der Waals surface area contributed by atoms with Crippen molar-refractivity contribution in [2.24, 2.45) is 5.92 Å². The maximum absolute atomic E-state index is 8.55. The number of hydrogen-bond acceptors (Lipinski definition) is 3. The summed E-state index contributed by atoms with van der Waals surface area (Å²) >= 11 is 0. The highest BCUT2D eigenvalue weighted by molar-refractivity contribution is 5.41. The van der Waals surface area contributed by atoms with Crippen molar-refractivity contribution in [3.63, 3.8) is 0 Å². The summed E-state index contributed by atoms with van der Waals surface area (Å²) in [6, 6.07) is 6.26. The van der Waals surface area contributed by atoms with E-state index >= 15 is 0 Å². The van der Waals surface area contributed by atoms with Gasteiger partial charge in [0, 0.05) is 12.2 Å². The van der Waals surface area contributed by atoms with E-state index in [4.69, 9.17) is 5.26 Å². The van der Waals surface area contributed by atoms with Crippen molar-refractivity contribution in [3.8, 4) is 6.07 Å². The van der Waals surface area contributed by atoms with E-state index in [2.05, 4.69) is 17.2 Å². The minimum atomic E-state index is 0.584. The normalized spacial score (nSPS) is 24.9. The van der Waals surface area contributed by atoms with E-state index < -0.39 is 0 Å². The quantitative estimate of drug-likeness (QED) is 0.741. The summed E-state index contributed by atoms with van der Waals surface area (Å²) in [5.74, 6) is 1.63. The Morgan fingerprint density at radius 1 is 1.62 bits per heavy atom. The van der Waals surface area contributed by atoms with Gasteiger partial charge in [-0.25, -0.2) is 4.98 Å². The molecule has 1 heterocycles. The van der Waals surface area contributed by atoms with Crippen molar-refractivity contribution >= 4 is 5.82 Å². The number of nitriles is 1. The smallest absolute Gasteiger partial charge is 0.126 e. The van der Waals surface area contributed by atoms with Crippen LogP contribution in [0.15, 0.2) is 18.3 Å². The highest BCUT2D eigenvalue weighted by atomic mass is 15.0. The average molecular weight is 173 g/mol. The third-order valence-electron chi connectivity index (χ3n) is 2.34. The van der Waals surface area contributed by atoms with Crippen LogP contribution in [0.1, 0.15) is 18.9 Å². The molecule has 1 aromatic rings. The van der Waals surface area contributed by atoms with Crippen molar-refractivity contribution in [1.82, 2.24) is 4.98 Å². The molecule has 1 aliphatic carbocycles. The summed E-state index contributed by atoms with van der Waals surface area (Å²) in [6.07, 6.45) is 2.82. The van der Waals surface area contributed by atoms with Gasteiger partial charge in [0.05, 0.1) is 5.56 Å². The summed E-state index contributed by atoms with van der Waals surface area (Å²) in [4.78, 5) is 4.13. The van der Waals surface area contributed by atoms with Crippen molar-refractivity contribution < 1.29 is 0 Å². The second-order valence-electron chi connectivity index (χ2n) is 3.51. The van der Waals surface area contributed by atoms with Gasteiger partial charge in [0.15, 0.2) is 0 Å². The molecule has 0 spiro atoms. The van der Waals surface area contributed by atoms with Gasteiger partial charge in [0.25, 0.3) is 0 Å². The number of anilines is 1. The van der Waals surface area contributed by atoms with E-state index in [-0.39, 0.29) is 0 Å². The Morgan fingerprint density at radius 3 is 2.85 bits per heavy atom. The van der Waals surface area contributed by atoms with Gasteiger partial charge in [0.2, 0.25) is 0 Å². The molecular weight excluding hydrogens is 162 g/mol. The van der Waals surface area contributed by atoms with Crippen LogP contribution in [0.25, 0.3) is 0 Å². The van der Waals surface area contributed by atoms with Gasteiger partial charge in [-0.3, -0.25) is 0 Å². The van der Waals surface area contributed by atoms with Crippen LogP contribution in [0, 0.1) is 17.2 Å². The summed E-state index contributed by atoms with van der Waals surface area (Å²) in [5.41, 5.74) is 0.606. The van der Waals surface area contributed by atoms with Gasteiger partial charge in [-0.15, -0.1) is 0 Å². The minimum Gasteiger partial charge on any atom is -0.367 e. The maximum atomic E-state index is 8.55. The van der Waals surface area contributed by atoms with Crippen LogP contribution in [-0.4, -0.2) is 11.0 Å². The lowest BCUT2D eigenvalue weighted by Crippen LogP contribution is -2.04.